The van der Waals surface area contributed by atoms with Crippen LogP contribution in [0, 0.1) is 0 Å². The van der Waals surface area contributed by atoms with Gasteiger partial charge in [-0.05, 0) is 57.0 Å². The maximum Gasteiger partial charge on any atom is 0.573 e. The molecule has 1 aromatic carbocycles. The van der Waals surface area contributed by atoms with Crippen LogP contribution < -0.4 is 9.47 Å². The highest BCUT2D eigenvalue weighted by atomic mass is 19.4. The molecule has 134 valence electrons. The zero-order valence-electron chi connectivity index (χ0n) is 13.8. The molecule has 0 bridgehead atoms. The van der Waals surface area contributed by atoms with Crippen LogP contribution in [0.3, 0.4) is 0 Å². The van der Waals surface area contributed by atoms with Crippen molar-refractivity contribution in [1.82, 2.24) is 4.90 Å². The zero-order chi connectivity index (χ0) is 17.5. The van der Waals surface area contributed by atoms with Crippen molar-refractivity contribution < 1.29 is 27.8 Å². The Hall–Kier alpha value is -1.47. The number of methoxy groups -OCH3 is 1. The maximum absolute atomic E-state index is 12.7. The SMILES string of the molecule is COc1ccc([C@@]23CC[C@H](O)C[C@@H]2N(C)CC3)cc1OC(F)(F)F. The van der Waals surface area contributed by atoms with E-state index in [9.17, 15) is 18.3 Å². The van der Waals surface area contributed by atoms with E-state index in [-0.39, 0.29) is 29.1 Å². The van der Waals surface area contributed by atoms with Crippen LogP contribution in [0.5, 0.6) is 11.5 Å². The Balaban J connectivity index is 2.00. The van der Waals surface area contributed by atoms with Crippen LogP contribution in [0.2, 0.25) is 0 Å². The summed E-state index contributed by atoms with van der Waals surface area (Å²) < 4.78 is 47.2. The minimum absolute atomic E-state index is 0.0613. The smallest absolute Gasteiger partial charge is 0.493 e. The molecule has 1 aromatic rings. The molecule has 3 rings (SSSR count). The fraction of sp³-hybridized carbons (Fsp3) is 0.647. The molecule has 0 radical (unpaired) electrons. The van der Waals surface area contributed by atoms with Crippen LogP contribution in [0.1, 0.15) is 31.2 Å². The topological polar surface area (TPSA) is 41.9 Å². The number of halogens is 3. The molecule has 1 heterocycles. The molecular weight excluding hydrogens is 323 g/mol. The highest BCUT2D eigenvalue weighted by molar-refractivity contribution is 5.46. The van der Waals surface area contributed by atoms with E-state index < -0.39 is 6.36 Å². The minimum atomic E-state index is -4.77. The van der Waals surface area contributed by atoms with Crippen LogP contribution in [-0.4, -0.2) is 49.2 Å². The highest BCUT2D eigenvalue weighted by Gasteiger charge is 2.50. The van der Waals surface area contributed by atoms with Crippen molar-refractivity contribution >= 4 is 0 Å². The molecule has 24 heavy (non-hydrogen) atoms. The summed E-state index contributed by atoms with van der Waals surface area (Å²) in [6.45, 7) is 0.860. The van der Waals surface area contributed by atoms with Crippen molar-refractivity contribution in [2.24, 2.45) is 0 Å². The lowest BCUT2D eigenvalue weighted by Crippen LogP contribution is -2.47. The van der Waals surface area contributed by atoms with Crippen LogP contribution in [0.25, 0.3) is 0 Å². The predicted octanol–water partition coefficient (Wildman–Crippen LogP) is 3.08. The quantitative estimate of drug-likeness (QED) is 0.914. The number of likely N-dealkylation sites (tertiary alicyclic amines) is 1. The van der Waals surface area contributed by atoms with Crippen LogP contribution in [-0.2, 0) is 5.41 Å². The molecule has 1 N–H and O–H groups in total. The lowest BCUT2D eigenvalue weighted by Gasteiger charge is -2.43. The summed E-state index contributed by atoms with van der Waals surface area (Å²) in [4.78, 5) is 2.19. The maximum atomic E-state index is 12.7. The number of fused-ring (bicyclic) bond motifs is 1. The summed E-state index contributed by atoms with van der Waals surface area (Å²) in [7, 11) is 3.32. The summed E-state index contributed by atoms with van der Waals surface area (Å²) in [5.74, 6) is -0.248. The van der Waals surface area contributed by atoms with Crippen molar-refractivity contribution in [1.29, 1.82) is 0 Å². The standard InChI is InChI=1S/C17H22F3NO3/c1-21-8-7-16(6-5-12(22)10-15(16)21)11-3-4-13(23-2)14(9-11)24-17(18,19)20/h3-4,9,12,15,22H,5-8,10H2,1-2H3/t12-,15-,16-/m0/s1. The van der Waals surface area contributed by atoms with Gasteiger partial charge in [0.25, 0.3) is 0 Å². The van der Waals surface area contributed by atoms with Crippen molar-refractivity contribution in [3.8, 4) is 11.5 Å². The Morgan fingerprint density at radius 1 is 1.25 bits per heavy atom. The zero-order valence-corrected chi connectivity index (χ0v) is 13.8. The van der Waals surface area contributed by atoms with E-state index in [1.165, 1.54) is 19.2 Å². The van der Waals surface area contributed by atoms with Gasteiger partial charge < -0.3 is 19.5 Å². The Morgan fingerprint density at radius 3 is 2.67 bits per heavy atom. The lowest BCUT2D eigenvalue weighted by atomic mass is 9.65. The monoisotopic (exact) mass is 345 g/mol. The molecule has 0 amide bonds. The second-order valence-corrected chi connectivity index (χ2v) is 6.74. The third-order valence-corrected chi connectivity index (χ3v) is 5.46. The summed E-state index contributed by atoms with van der Waals surface area (Å²) in [5.41, 5.74) is 0.577. The first-order valence-electron chi connectivity index (χ1n) is 8.08. The summed E-state index contributed by atoms with van der Waals surface area (Å²) in [6, 6.07) is 4.93. The largest absolute Gasteiger partial charge is 0.573 e. The number of hydrogen-bond acceptors (Lipinski definition) is 4. The molecule has 0 spiro atoms. The average Bonchev–Trinajstić information content (AvgIpc) is 2.84. The summed E-state index contributed by atoms with van der Waals surface area (Å²) >= 11 is 0. The Morgan fingerprint density at radius 2 is 2.00 bits per heavy atom. The van der Waals surface area contributed by atoms with Gasteiger partial charge in [-0.1, -0.05) is 6.07 Å². The number of benzene rings is 1. The number of ether oxygens (including phenoxy) is 2. The summed E-state index contributed by atoms with van der Waals surface area (Å²) in [5, 5.41) is 10.0. The van der Waals surface area contributed by atoms with E-state index in [2.05, 4.69) is 9.64 Å². The molecule has 1 aliphatic heterocycles. The number of rotatable bonds is 3. The second-order valence-electron chi connectivity index (χ2n) is 6.74. The van der Waals surface area contributed by atoms with E-state index in [0.717, 1.165) is 24.9 Å². The van der Waals surface area contributed by atoms with E-state index in [1.54, 1.807) is 0 Å². The molecule has 2 fully saturated rings. The third kappa shape index (κ3) is 3.07. The first-order valence-corrected chi connectivity index (χ1v) is 8.08. The number of aliphatic hydroxyl groups excluding tert-OH is 1. The van der Waals surface area contributed by atoms with Gasteiger partial charge in [-0.25, -0.2) is 0 Å². The molecular formula is C17H22F3NO3. The third-order valence-electron chi connectivity index (χ3n) is 5.46. The van der Waals surface area contributed by atoms with Crippen molar-refractivity contribution in [2.75, 3.05) is 20.7 Å². The number of nitrogens with zero attached hydrogens (tertiary/aromatic N) is 1. The van der Waals surface area contributed by atoms with Gasteiger partial charge in [0.2, 0.25) is 0 Å². The van der Waals surface area contributed by atoms with Crippen LogP contribution in [0.15, 0.2) is 18.2 Å². The van der Waals surface area contributed by atoms with Crippen molar-refractivity contribution in [3.63, 3.8) is 0 Å². The van der Waals surface area contributed by atoms with E-state index in [4.69, 9.17) is 4.74 Å². The van der Waals surface area contributed by atoms with Gasteiger partial charge in [-0.15, -0.1) is 13.2 Å². The van der Waals surface area contributed by atoms with Gasteiger partial charge in [0, 0.05) is 11.5 Å². The van der Waals surface area contributed by atoms with Crippen LogP contribution in [0.4, 0.5) is 13.2 Å². The van der Waals surface area contributed by atoms with E-state index >= 15 is 0 Å². The van der Waals surface area contributed by atoms with Crippen molar-refractivity contribution in [3.05, 3.63) is 23.8 Å². The van der Waals surface area contributed by atoms with Gasteiger partial charge >= 0.3 is 6.36 Å². The molecule has 7 heteroatoms. The number of hydrogen-bond donors (Lipinski definition) is 1. The first kappa shape index (κ1) is 17.4. The van der Waals surface area contributed by atoms with Gasteiger partial charge in [-0.2, -0.15) is 0 Å². The molecule has 2 aliphatic rings. The van der Waals surface area contributed by atoms with E-state index in [1.807, 2.05) is 13.1 Å². The molecule has 1 saturated heterocycles. The Kier molecular flexibility index (Phi) is 4.42. The fourth-order valence-corrected chi connectivity index (χ4v) is 4.29. The molecule has 0 unspecified atom stereocenters. The predicted molar refractivity (Wildman–Crippen MR) is 82.2 cm³/mol. The normalized spacial score (nSPS) is 30.9. The number of alkyl halides is 3. The highest BCUT2D eigenvalue weighted by Crippen LogP contribution is 2.50. The van der Waals surface area contributed by atoms with Crippen molar-refractivity contribution in [2.45, 2.75) is 49.6 Å². The van der Waals surface area contributed by atoms with Gasteiger partial charge in [0.15, 0.2) is 11.5 Å². The van der Waals surface area contributed by atoms with E-state index in [0.29, 0.717) is 12.8 Å². The number of aliphatic hydroxyl groups is 1. The molecule has 4 nitrogen and oxygen atoms in total. The minimum Gasteiger partial charge on any atom is -0.493 e. The first-order chi connectivity index (χ1) is 11.2. The van der Waals surface area contributed by atoms with Crippen LogP contribution >= 0.6 is 0 Å². The second kappa shape index (κ2) is 6.11. The van der Waals surface area contributed by atoms with Gasteiger partial charge in [0.05, 0.1) is 13.2 Å². The molecule has 1 saturated carbocycles. The number of likely N-dealkylation sites (N-methyl/N-ethyl adjacent to an activating group) is 1. The molecule has 1 aliphatic carbocycles. The fourth-order valence-electron chi connectivity index (χ4n) is 4.29. The Labute approximate surface area is 139 Å². The summed E-state index contributed by atoms with van der Waals surface area (Å²) in [6.07, 6.45) is -2.21. The molecule has 0 aromatic heterocycles. The van der Waals surface area contributed by atoms with Gasteiger partial charge in [-0.3, -0.25) is 0 Å². The Bertz CT molecular complexity index is 607. The molecule has 3 atom stereocenters. The van der Waals surface area contributed by atoms with Gasteiger partial charge in [0.1, 0.15) is 0 Å². The lowest BCUT2D eigenvalue weighted by molar-refractivity contribution is -0.275. The average molecular weight is 345 g/mol.